The maximum Gasteiger partial charge on any atom is 0.253 e. The number of anilines is 1. The SMILES string of the molecule is CCCCCN(C)C(=O)c1ccc(N)c(F)c1. The normalized spacial score (nSPS) is 10.3. The predicted molar refractivity (Wildman–Crippen MR) is 67.3 cm³/mol. The van der Waals surface area contributed by atoms with E-state index in [0.29, 0.717) is 12.1 Å². The fourth-order valence-electron chi connectivity index (χ4n) is 1.58. The lowest BCUT2D eigenvalue weighted by Gasteiger charge is -2.17. The van der Waals surface area contributed by atoms with Crippen molar-refractivity contribution in [3.05, 3.63) is 29.6 Å². The number of benzene rings is 1. The molecule has 0 aromatic heterocycles. The van der Waals surface area contributed by atoms with E-state index in [1.54, 1.807) is 18.0 Å². The number of nitrogens with two attached hydrogens (primary N) is 1. The molecular formula is C13H19FN2O. The average molecular weight is 238 g/mol. The van der Waals surface area contributed by atoms with Gasteiger partial charge in [0, 0.05) is 19.2 Å². The van der Waals surface area contributed by atoms with Crippen LogP contribution in [0.15, 0.2) is 18.2 Å². The van der Waals surface area contributed by atoms with Crippen LogP contribution < -0.4 is 5.73 Å². The first-order chi connectivity index (χ1) is 8.06. The van der Waals surface area contributed by atoms with E-state index < -0.39 is 5.82 Å². The summed E-state index contributed by atoms with van der Waals surface area (Å²) >= 11 is 0. The van der Waals surface area contributed by atoms with Crippen LogP contribution in [0.2, 0.25) is 0 Å². The van der Waals surface area contributed by atoms with Gasteiger partial charge in [0.15, 0.2) is 0 Å². The largest absolute Gasteiger partial charge is 0.396 e. The monoisotopic (exact) mass is 238 g/mol. The fourth-order valence-corrected chi connectivity index (χ4v) is 1.58. The van der Waals surface area contributed by atoms with E-state index in [4.69, 9.17) is 5.73 Å². The first-order valence-electron chi connectivity index (χ1n) is 5.86. The van der Waals surface area contributed by atoms with Gasteiger partial charge >= 0.3 is 0 Å². The summed E-state index contributed by atoms with van der Waals surface area (Å²) in [6.07, 6.45) is 3.17. The second-order valence-electron chi connectivity index (χ2n) is 4.17. The highest BCUT2D eigenvalue weighted by Gasteiger charge is 2.12. The van der Waals surface area contributed by atoms with Gasteiger partial charge in [0.1, 0.15) is 5.82 Å². The fraction of sp³-hybridized carbons (Fsp3) is 0.462. The molecular weight excluding hydrogens is 219 g/mol. The molecule has 0 radical (unpaired) electrons. The first kappa shape index (κ1) is 13.5. The molecule has 0 aliphatic heterocycles. The van der Waals surface area contributed by atoms with E-state index in [0.717, 1.165) is 19.3 Å². The predicted octanol–water partition coefficient (Wildman–Crippen LogP) is 2.67. The highest BCUT2D eigenvalue weighted by atomic mass is 19.1. The van der Waals surface area contributed by atoms with Crippen molar-refractivity contribution in [2.45, 2.75) is 26.2 Å². The number of hydrogen-bond donors (Lipinski definition) is 1. The summed E-state index contributed by atoms with van der Waals surface area (Å²) in [5, 5.41) is 0. The van der Waals surface area contributed by atoms with Crippen LogP contribution >= 0.6 is 0 Å². The molecule has 2 N–H and O–H groups in total. The lowest BCUT2D eigenvalue weighted by molar-refractivity contribution is 0.0792. The van der Waals surface area contributed by atoms with Crippen LogP contribution in [-0.4, -0.2) is 24.4 Å². The van der Waals surface area contributed by atoms with Crippen molar-refractivity contribution in [3.8, 4) is 0 Å². The molecule has 94 valence electrons. The van der Waals surface area contributed by atoms with Crippen LogP contribution in [-0.2, 0) is 0 Å². The molecule has 1 aromatic carbocycles. The van der Waals surface area contributed by atoms with Crippen LogP contribution in [0.3, 0.4) is 0 Å². The highest BCUT2D eigenvalue weighted by Crippen LogP contribution is 2.13. The van der Waals surface area contributed by atoms with Crippen molar-refractivity contribution in [2.75, 3.05) is 19.3 Å². The van der Waals surface area contributed by atoms with E-state index in [1.165, 1.54) is 12.1 Å². The Morgan fingerprint density at radius 2 is 2.12 bits per heavy atom. The highest BCUT2D eigenvalue weighted by molar-refractivity contribution is 5.94. The van der Waals surface area contributed by atoms with E-state index in [2.05, 4.69) is 6.92 Å². The van der Waals surface area contributed by atoms with Gasteiger partial charge in [-0.05, 0) is 24.6 Å². The smallest absolute Gasteiger partial charge is 0.253 e. The zero-order chi connectivity index (χ0) is 12.8. The molecule has 0 bridgehead atoms. The molecule has 1 amide bonds. The van der Waals surface area contributed by atoms with E-state index >= 15 is 0 Å². The second kappa shape index (κ2) is 6.23. The molecule has 0 unspecified atom stereocenters. The minimum atomic E-state index is -0.544. The summed E-state index contributed by atoms with van der Waals surface area (Å²) in [6.45, 7) is 2.80. The summed E-state index contributed by atoms with van der Waals surface area (Å²) in [5.41, 5.74) is 5.77. The van der Waals surface area contributed by atoms with Crippen LogP contribution in [0.25, 0.3) is 0 Å². The quantitative estimate of drug-likeness (QED) is 0.633. The van der Waals surface area contributed by atoms with Crippen molar-refractivity contribution < 1.29 is 9.18 Å². The minimum absolute atomic E-state index is 0.0650. The van der Waals surface area contributed by atoms with Crippen LogP contribution in [0.1, 0.15) is 36.5 Å². The standard InChI is InChI=1S/C13H19FN2O/c1-3-4-5-8-16(2)13(17)10-6-7-12(15)11(14)9-10/h6-7,9H,3-5,8,15H2,1-2H3. The number of hydrogen-bond acceptors (Lipinski definition) is 2. The van der Waals surface area contributed by atoms with Gasteiger partial charge in [0.25, 0.3) is 5.91 Å². The molecule has 0 heterocycles. The molecule has 1 rings (SSSR count). The van der Waals surface area contributed by atoms with Gasteiger partial charge in [-0.2, -0.15) is 0 Å². The molecule has 3 nitrogen and oxygen atoms in total. The Morgan fingerprint density at radius 3 is 2.71 bits per heavy atom. The number of unbranched alkanes of at least 4 members (excludes halogenated alkanes) is 2. The third-order valence-electron chi connectivity index (χ3n) is 2.69. The van der Waals surface area contributed by atoms with Crippen LogP contribution in [0.4, 0.5) is 10.1 Å². The Labute approximate surface area is 101 Å². The Kier molecular flexibility index (Phi) is 4.94. The molecule has 17 heavy (non-hydrogen) atoms. The van der Waals surface area contributed by atoms with Crippen LogP contribution in [0, 0.1) is 5.82 Å². The van der Waals surface area contributed by atoms with Crippen molar-refractivity contribution in [3.63, 3.8) is 0 Å². The van der Waals surface area contributed by atoms with Crippen molar-refractivity contribution in [1.82, 2.24) is 4.90 Å². The van der Waals surface area contributed by atoms with E-state index in [-0.39, 0.29) is 11.6 Å². The number of halogens is 1. The second-order valence-corrected chi connectivity index (χ2v) is 4.17. The van der Waals surface area contributed by atoms with Crippen LogP contribution in [0.5, 0.6) is 0 Å². The zero-order valence-electron chi connectivity index (χ0n) is 10.4. The molecule has 0 atom stereocenters. The van der Waals surface area contributed by atoms with Gasteiger partial charge in [-0.15, -0.1) is 0 Å². The molecule has 0 spiro atoms. The Balaban J connectivity index is 2.65. The number of nitrogen functional groups attached to an aromatic ring is 1. The van der Waals surface area contributed by atoms with Crippen molar-refractivity contribution in [1.29, 1.82) is 0 Å². The van der Waals surface area contributed by atoms with E-state index in [9.17, 15) is 9.18 Å². The average Bonchev–Trinajstić information content (AvgIpc) is 2.32. The number of rotatable bonds is 5. The molecule has 0 fully saturated rings. The minimum Gasteiger partial charge on any atom is -0.396 e. The van der Waals surface area contributed by atoms with Gasteiger partial charge in [-0.1, -0.05) is 19.8 Å². The lowest BCUT2D eigenvalue weighted by atomic mass is 10.1. The number of amides is 1. The Morgan fingerprint density at radius 1 is 1.41 bits per heavy atom. The number of nitrogens with zero attached hydrogens (tertiary/aromatic N) is 1. The lowest BCUT2D eigenvalue weighted by Crippen LogP contribution is -2.27. The van der Waals surface area contributed by atoms with Crippen molar-refractivity contribution in [2.24, 2.45) is 0 Å². The van der Waals surface area contributed by atoms with Gasteiger partial charge in [0.2, 0.25) is 0 Å². The van der Waals surface area contributed by atoms with Gasteiger partial charge in [-0.25, -0.2) is 4.39 Å². The summed E-state index contributed by atoms with van der Waals surface area (Å²) in [5.74, 6) is -0.710. The molecule has 0 aliphatic carbocycles. The molecule has 0 saturated carbocycles. The summed E-state index contributed by atoms with van der Waals surface area (Å²) < 4.78 is 13.2. The maximum absolute atomic E-state index is 13.2. The van der Waals surface area contributed by atoms with Gasteiger partial charge < -0.3 is 10.6 Å². The third kappa shape index (κ3) is 3.73. The summed E-state index contributed by atoms with van der Waals surface area (Å²) in [7, 11) is 1.73. The Hall–Kier alpha value is -1.58. The molecule has 4 heteroatoms. The molecule has 1 aromatic rings. The first-order valence-corrected chi connectivity index (χ1v) is 5.86. The van der Waals surface area contributed by atoms with Gasteiger partial charge in [-0.3, -0.25) is 4.79 Å². The molecule has 0 aliphatic rings. The number of carbonyl (C=O) groups is 1. The molecule has 0 saturated heterocycles. The number of carbonyl (C=O) groups excluding carboxylic acids is 1. The third-order valence-corrected chi connectivity index (χ3v) is 2.69. The zero-order valence-corrected chi connectivity index (χ0v) is 10.4. The van der Waals surface area contributed by atoms with Crippen molar-refractivity contribution >= 4 is 11.6 Å². The van der Waals surface area contributed by atoms with Gasteiger partial charge in [0.05, 0.1) is 5.69 Å². The summed E-state index contributed by atoms with van der Waals surface area (Å²) in [4.78, 5) is 13.5. The summed E-state index contributed by atoms with van der Waals surface area (Å²) in [6, 6.07) is 4.16. The van der Waals surface area contributed by atoms with E-state index in [1.807, 2.05) is 0 Å². The topological polar surface area (TPSA) is 46.3 Å². The maximum atomic E-state index is 13.2. The Bertz CT molecular complexity index is 393.